The molecule has 0 saturated heterocycles. The van der Waals surface area contributed by atoms with Crippen molar-refractivity contribution in [3.8, 4) is 0 Å². The van der Waals surface area contributed by atoms with E-state index >= 15 is 0 Å². The summed E-state index contributed by atoms with van der Waals surface area (Å²) in [5.74, 6) is 0.523. The number of rotatable bonds is 1. The minimum absolute atomic E-state index is 0.523. The Morgan fingerprint density at radius 1 is 1.38 bits per heavy atom. The maximum absolute atomic E-state index is 4.05. The van der Waals surface area contributed by atoms with Gasteiger partial charge in [0.2, 0.25) is 0 Å². The van der Waals surface area contributed by atoms with Gasteiger partial charge >= 0.3 is 0 Å². The lowest BCUT2D eigenvalue weighted by Crippen LogP contribution is -2.27. The smallest absolute Gasteiger partial charge is 0.179 e. The van der Waals surface area contributed by atoms with Crippen LogP contribution in [-0.2, 0) is 7.05 Å². The van der Waals surface area contributed by atoms with Crippen LogP contribution in [0.1, 0.15) is 25.3 Å². The standard InChI is InChI=1S/C10H13N3/c1-7(2)9-6-13(3)5-8-4-11-12-10(8)9/h4-7H,1-3H3/p+1. The molecule has 0 fully saturated rings. The molecule has 3 nitrogen and oxygen atoms in total. The summed E-state index contributed by atoms with van der Waals surface area (Å²) in [6, 6.07) is 0. The van der Waals surface area contributed by atoms with Crippen LogP contribution >= 0.6 is 0 Å². The maximum atomic E-state index is 4.05. The van der Waals surface area contributed by atoms with Crippen molar-refractivity contribution in [2.75, 3.05) is 0 Å². The van der Waals surface area contributed by atoms with Gasteiger partial charge in [0, 0.05) is 5.56 Å². The number of pyridine rings is 1. The molecule has 2 aromatic rings. The van der Waals surface area contributed by atoms with E-state index < -0.39 is 0 Å². The second-order valence-corrected chi connectivity index (χ2v) is 3.73. The zero-order valence-corrected chi connectivity index (χ0v) is 8.20. The summed E-state index contributed by atoms with van der Waals surface area (Å²) in [4.78, 5) is 0. The van der Waals surface area contributed by atoms with Gasteiger partial charge < -0.3 is 0 Å². The van der Waals surface area contributed by atoms with Crippen LogP contribution in [0, 0.1) is 0 Å². The van der Waals surface area contributed by atoms with Crippen LogP contribution in [0.4, 0.5) is 0 Å². The Bertz CT molecular complexity index is 429. The van der Waals surface area contributed by atoms with E-state index in [9.17, 15) is 0 Å². The molecule has 0 atom stereocenters. The van der Waals surface area contributed by atoms with Gasteiger partial charge in [0.05, 0.1) is 17.1 Å². The van der Waals surface area contributed by atoms with Crippen LogP contribution < -0.4 is 4.57 Å². The van der Waals surface area contributed by atoms with Crippen molar-refractivity contribution in [3.63, 3.8) is 0 Å². The molecule has 68 valence electrons. The first-order valence-corrected chi connectivity index (χ1v) is 4.50. The van der Waals surface area contributed by atoms with E-state index in [1.165, 1.54) is 10.9 Å². The molecule has 13 heavy (non-hydrogen) atoms. The quantitative estimate of drug-likeness (QED) is 0.656. The second-order valence-electron chi connectivity index (χ2n) is 3.73. The number of aromatic nitrogens is 3. The highest BCUT2D eigenvalue weighted by atomic mass is 15.1. The van der Waals surface area contributed by atoms with Crippen LogP contribution in [0.5, 0.6) is 0 Å². The first kappa shape index (κ1) is 8.23. The van der Waals surface area contributed by atoms with Gasteiger partial charge in [0.25, 0.3) is 0 Å². The van der Waals surface area contributed by atoms with E-state index in [0.29, 0.717) is 5.92 Å². The van der Waals surface area contributed by atoms with Gasteiger partial charge in [-0.2, -0.15) is 5.10 Å². The Morgan fingerprint density at radius 2 is 2.15 bits per heavy atom. The monoisotopic (exact) mass is 176 g/mol. The van der Waals surface area contributed by atoms with Gasteiger partial charge in [-0.3, -0.25) is 5.10 Å². The number of aromatic amines is 1. The number of nitrogens with one attached hydrogen (secondary N) is 1. The van der Waals surface area contributed by atoms with E-state index in [-0.39, 0.29) is 0 Å². The van der Waals surface area contributed by atoms with Crippen LogP contribution in [0.3, 0.4) is 0 Å². The average Bonchev–Trinajstić information content (AvgIpc) is 2.49. The molecule has 1 N–H and O–H groups in total. The SMILES string of the molecule is CC(C)c1c[n+](C)cc2cn[nH]c12. The molecule has 0 bridgehead atoms. The van der Waals surface area contributed by atoms with Crippen molar-refractivity contribution in [2.45, 2.75) is 19.8 Å². The fraction of sp³-hybridized carbons (Fsp3) is 0.400. The second kappa shape index (κ2) is 2.83. The zero-order chi connectivity index (χ0) is 9.42. The third-order valence-corrected chi connectivity index (χ3v) is 2.26. The number of hydrogen-bond donors (Lipinski definition) is 1. The summed E-state index contributed by atoms with van der Waals surface area (Å²) in [5.41, 5.74) is 2.48. The molecule has 2 aromatic heterocycles. The Labute approximate surface area is 77.4 Å². The summed E-state index contributed by atoms with van der Waals surface area (Å²) in [5, 5.41) is 8.26. The molecule has 0 aliphatic heterocycles. The van der Waals surface area contributed by atoms with Gasteiger partial charge in [-0.1, -0.05) is 13.8 Å². The molecule has 2 rings (SSSR count). The van der Waals surface area contributed by atoms with Crippen LogP contribution in [-0.4, -0.2) is 10.2 Å². The Hall–Kier alpha value is -1.38. The van der Waals surface area contributed by atoms with Crippen LogP contribution in [0.2, 0.25) is 0 Å². The molecule has 0 aliphatic carbocycles. The predicted molar refractivity (Wildman–Crippen MR) is 51.4 cm³/mol. The molecular weight excluding hydrogens is 162 g/mol. The lowest BCUT2D eigenvalue weighted by molar-refractivity contribution is -0.670. The highest BCUT2D eigenvalue weighted by Gasteiger charge is 2.11. The number of hydrogen-bond acceptors (Lipinski definition) is 1. The first-order valence-electron chi connectivity index (χ1n) is 4.50. The number of aryl methyl sites for hydroxylation is 1. The first-order chi connectivity index (χ1) is 6.18. The lowest BCUT2D eigenvalue weighted by Gasteiger charge is -2.03. The fourth-order valence-corrected chi connectivity index (χ4v) is 1.60. The van der Waals surface area contributed by atoms with Gasteiger partial charge in [0.15, 0.2) is 12.4 Å². The normalized spacial score (nSPS) is 11.4. The molecule has 2 heterocycles. The summed E-state index contributed by atoms with van der Waals surface area (Å²) in [6.45, 7) is 4.38. The molecule has 0 aliphatic rings. The van der Waals surface area contributed by atoms with Crippen molar-refractivity contribution < 1.29 is 4.57 Å². The summed E-state index contributed by atoms with van der Waals surface area (Å²) in [7, 11) is 2.04. The Morgan fingerprint density at radius 3 is 2.85 bits per heavy atom. The van der Waals surface area contributed by atoms with E-state index in [0.717, 1.165) is 5.52 Å². The molecule has 0 radical (unpaired) electrons. The molecular formula is C10H14N3+. The number of fused-ring (bicyclic) bond motifs is 1. The van der Waals surface area contributed by atoms with Gasteiger partial charge in [-0.15, -0.1) is 0 Å². The molecule has 0 amide bonds. The molecule has 0 spiro atoms. The minimum atomic E-state index is 0.523. The van der Waals surface area contributed by atoms with E-state index in [1.54, 1.807) is 0 Å². The number of nitrogens with zero attached hydrogens (tertiary/aromatic N) is 2. The molecule has 3 heteroatoms. The van der Waals surface area contributed by atoms with Crippen molar-refractivity contribution in [2.24, 2.45) is 7.05 Å². The zero-order valence-electron chi connectivity index (χ0n) is 8.20. The highest BCUT2D eigenvalue weighted by molar-refractivity contribution is 5.79. The minimum Gasteiger partial charge on any atom is -0.277 e. The van der Waals surface area contributed by atoms with Gasteiger partial charge in [-0.05, 0) is 5.92 Å². The van der Waals surface area contributed by atoms with Crippen molar-refractivity contribution in [3.05, 3.63) is 24.2 Å². The maximum Gasteiger partial charge on any atom is 0.179 e. The van der Waals surface area contributed by atoms with Crippen LogP contribution in [0.15, 0.2) is 18.6 Å². The lowest BCUT2D eigenvalue weighted by atomic mass is 10.0. The van der Waals surface area contributed by atoms with Crippen LogP contribution in [0.25, 0.3) is 10.9 Å². The molecule has 0 saturated carbocycles. The third-order valence-electron chi connectivity index (χ3n) is 2.26. The predicted octanol–water partition coefficient (Wildman–Crippen LogP) is 1.51. The van der Waals surface area contributed by atoms with E-state index in [4.69, 9.17) is 0 Å². The van der Waals surface area contributed by atoms with Gasteiger partial charge in [0.1, 0.15) is 7.05 Å². The van der Waals surface area contributed by atoms with E-state index in [1.807, 2.05) is 13.2 Å². The van der Waals surface area contributed by atoms with E-state index in [2.05, 4.69) is 41.0 Å². The van der Waals surface area contributed by atoms with Crippen molar-refractivity contribution >= 4 is 10.9 Å². The molecule has 0 unspecified atom stereocenters. The van der Waals surface area contributed by atoms with Crippen molar-refractivity contribution in [1.29, 1.82) is 0 Å². The average molecular weight is 176 g/mol. The van der Waals surface area contributed by atoms with Gasteiger partial charge in [-0.25, -0.2) is 4.57 Å². The summed E-state index contributed by atoms with van der Waals surface area (Å²) in [6.07, 6.45) is 6.08. The number of H-pyrrole nitrogens is 1. The summed E-state index contributed by atoms with van der Waals surface area (Å²) >= 11 is 0. The summed E-state index contributed by atoms with van der Waals surface area (Å²) < 4.78 is 2.08. The molecule has 0 aromatic carbocycles. The highest BCUT2D eigenvalue weighted by Crippen LogP contribution is 2.20. The largest absolute Gasteiger partial charge is 0.277 e. The Kier molecular flexibility index (Phi) is 1.79. The topological polar surface area (TPSA) is 32.6 Å². The van der Waals surface area contributed by atoms with Crippen molar-refractivity contribution in [1.82, 2.24) is 10.2 Å². The fourth-order valence-electron chi connectivity index (χ4n) is 1.60. The third kappa shape index (κ3) is 1.30. The Balaban J connectivity index is 2.77.